The third-order valence-corrected chi connectivity index (χ3v) is 3.14. The Morgan fingerprint density at radius 3 is 2.65 bits per heavy atom. The smallest absolute Gasteiger partial charge is 0.0646 e. The van der Waals surface area contributed by atoms with Crippen LogP contribution in [0.4, 0.5) is 0 Å². The molecule has 0 saturated carbocycles. The molecular weight excluding hydrogens is 234 g/mol. The van der Waals surface area contributed by atoms with E-state index >= 15 is 0 Å². The molecule has 1 aromatic carbocycles. The van der Waals surface area contributed by atoms with Crippen molar-refractivity contribution in [3.8, 4) is 0 Å². The molecule has 0 bridgehead atoms. The van der Waals surface area contributed by atoms with E-state index in [2.05, 4.69) is 5.10 Å². The molecule has 0 amide bonds. The predicted molar refractivity (Wildman–Crippen MR) is 69.9 cm³/mol. The molecule has 90 valence electrons. The Labute approximate surface area is 106 Å². The third-order valence-electron chi connectivity index (χ3n) is 2.81. The lowest BCUT2D eigenvalue weighted by Gasteiger charge is -2.25. The second-order valence-corrected chi connectivity index (χ2v) is 4.96. The first-order valence-electron chi connectivity index (χ1n) is 5.51. The van der Waals surface area contributed by atoms with E-state index in [0.29, 0.717) is 11.4 Å². The molecule has 0 fully saturated rings. The SMILES string of the molecule is Cn1ccc(CC(C)(N)c2ccccc2Cl)n1. The van der Waals surface area contributed by atoms with Crippen molar-refractivity contribution >= 4 is 11.6 Å². The van der Waals surface area contributed by atoms with Gasteiger partial charge in [-0.15, -0.1) is 0 Å². The predicted octanol–water partition coefficient (Wildman–Crippen LogP) is 2.49. The molecule has 1 unspecified atom stereocenters. The molecule has 0 aliphatic carbocycles. The van der Waals surface area contributed by atoms with Crippen LogP contribution in [0, 0.1) is 0 Å². The highest BCUT2D eigenvalue weighted by Gasteiger charge is 2.24. The second kappa shape index (κ2) is 4.51. The molecule has 4 heteroatoms. The molecule has 3 nitrogen and oxygen atoms in total. The fourth-order valence-electron chi connectivity index (χ4n) is 1.95. The number of aromatic nitrogens is 2. The van der Waals surface area contributed by atoms with E-state index in [1.165, 1.54) is 0 Å². The fourth-order valence-corrected chi connectivity index (χ4v) is 2.30. The van der Waals surface area contributed by atoms with Crippen molar-refractivity contribution in [3.63, 3.8) is 0 Å². The van der Waals surface area contributed by atoms with Gasteiger partial charge in [-0.25, -0.2) is 0 Å². The van der Waals surface area contributed by atoms with Gasteiger partial charge in [0.1, 0.15) is 0 Å². The number of halogens is 1. The highest BCUT2D eigenvalue weighted by atomic mass is 35.5. The Kier molecular flexibility index (Phi) is 3.22. The van der Waals surface area contributed by atoms with E-state index in [9.17, 15) is 0 Å². The van der Waals surface area contributed by atoms with Crippen LogP contribution in [0.2, 0.25) is 5.02 Å². The molecular formula is C13H16ClN3. The Morgan fingerprint density at radius 1 is 1.35 bits per heavy atom. The van der Waals surface area contributed by atoms with Gasteiger partial charge in [0.15, 0.2) is 0 Å². The van der Waals surface area contributed by atoms with Crippen molar-refractivity contribution < 1.29 is 0 Å². The van der Waals surface area contributed by atoms with E-state index < -0.39 is 5.54 Å². The number of nitrogens with zero attached hydrogens (tertiary/aromatic N) is 2. The largest absolute Gasteiger partial charge is 0.321 e. The molecule has 2 N–H and O–H groups in total. The zero-order valence-corrected chi connectivity index (χ0v) is 10.8. The average Bonchev–Trinajstić information content (AvgIpc) is 2.63. The Bertz CT molecular complexity index is 517. The molecule has 0 spiro atoms. The average molecular weight is 250 g/mol. The van der Waals surface area contributed by atoms with Gasteiger partial charge in [-0.3, -0.25) is 4.68 Å². The van der Waals surface area contributed by atoms with E-state index in [1.807, 2.05) is 50.5 Å². The number of aryl methyl sites for hydroxylation is 1. The lowest BCUT2D eigenvalue weighted by atomic mass is 9.88. The summed E-state index contributed by atoms with van der Waals surface area (Å²) in [6.45, 7) is 1.98. The monoisotopic (exact) mass is 249 g/mol. The van der Waals surface area contributed by atoms with Crippen LogP contribution in [-0.4, -0.2) is 9.78 Å². The Balaban J connectivity index is 2.27. The molecule has 2 aromatic rings. The van der Waals surface area contributed by atoms with Gasteiger partial charge in [0, 0.05) is 30.2 Å². The van der Waals surface area contributed by atoms with Crippen molar-refractivity contribution in [1.29, 1.82) is 0 Å². The van der Waals surface area contributed by atoms with Crippen LogP contribution in [0.1, 0.15) is 18.2 Å². The number of rotatable bonds is 3. The Hall–Kier alpha value is -1.32. The fraction of sp³-hybridized carbons (Fsp3) is 0.308. The van der Waals surface area contributed by atoms with Gasteiger partial charge in [-0.05, 0) is 24.6 Å². The van der Waals surface area contributed by atoms with Gasteiger partial charge in [0.25, 0.3) is 0 Å². The van der Waals surface area contributed by atoms with Gasteiger partial charge in [0.05, 0.1) is 5.69 Å². The minimum atomic E-state index is -0.507. The van der Waals surface area contributed by atoms with E-state index in [-0.39, 0.29) is 0 Å². The van der Waals surface area contributed by atoms with Crippen molar-refractivity contribution in [1.82, 2.24) is 9.78 Å². The van der Waals surface area contributed by atoms with Crippen LogP contribution in [0.15, 0.2) is 36.5 Å². The molecule has 0 aliphatic rings. The van der Waals surface area contributed by atoms with Crippen LogP contribution in [0.5, 0.6) is 0 Å². The molecule has 17 heavy (non-hydrogen) atoms. The highest BCUT2D eigenvalue weighted by molar-refractivity contribution is 6.31. The minimum absolute atomic E-state index is 0.507. The minimum Gasteiger partial charge on any atom is -0.321 e. The molecule has 0 saturated heterocycles. The van der Waals surface area contributed by atoms with Crippen molar-refractivity contribution in [3.05, 3.63) is 52.8 Å². The molecule has 1 atom stereocenters. The highest BCUT2D eigenvalue weighted by Crippen LogP contribution is 2.28. The maximum Gasteiger partial charge on any atom is 0.0646 e. The molecule has 1 aromatic heterocycles. The second-order valence-electron chi connectivity index (χ2n) is 4.55. The molecule has 2 rings (SSSR count). The maximum atomic E-state index is 6.35. The van der Waals surface area contributed by atoms with Gasteiger partial charge in [0.2, 0.25) is 0 Å². The summed E-state index contributed by atoms with van der Waals surface area (Å²) in [4.78, 5) is 0. The lowest BCUT2D eigenvalue weighted by Crippen LogP contribution is -2.36. The summed E-state index contributed by atoms with van der Waals surface area (Å²) in [6.07, 6.45) is 2.58. The normalized spacial score (nSPS) is 14.6. The van der Waals surface area contributed by atoms with Gasteiger partial charge < -0.3 is 5.73 Å². The van der Waals surface area contributed by atoms with Gasteiger partial charge in [-0.2, -0.15) is 5.10 Å². The van der Waals surface area contributed by atoms with Gasteiger partial charge >= 0.3 is 0 Å². The van der Waals surface area contributed by atoms with Crippen LogP contribution < -0.4 is 5.73 Å². The van der Waals surface area contributed by atoms with Crippen molar-refractivity contribution in [2.45, 2.75) is 18.9 Å². The van der Waals surface area contributed by atoms with Crippen LogP contribution in [-0.2, 0) is 19.0 Å². The first-order chi connectivity index (χ1) is 7.99. The van der Waals surface area contributed by atoms with E-state index in [0.717, 1.165) is 11.3 Å². The van der Waals surface area contributed by atoms with Crippen LogP contribution >= 0.6 is 11.6 Å². The van der Waals surface area contributed by atoms with Crippen LogP contribution in [0.25, 0.3) is 0 Å². The number of benzene rings is 1. The van der Waals surface area contributed by atoms with Crippen LogP contribution in [0.3, 0.4) is 0 Å². The van der Waals surface area contributed by atoms with E-state index in [1.54, 1.807) is 4.68 Å². The third kappa shape index (κ3) is 2.68. The number of hydrogen-bond donors (Lipinski definition) is 1. The standard InChI is InChI=1S/C13H16ClN3/c1-13(15,9-10-7-8-17(2)16-10)11-5-3-4-6-12(11)14/h3-8H,9,15H2,1-2H3. The number of hydrogen-bond acceptors (Lipinski definition) is 2. The van der Waals surface area contributed by atoms with Gasteiger partial charge in [-0.1, -0.05) is 29.8 Å². The zero-order chi connectivity index (χ0) is 12.5. The first kappa shape index (κ1) is 12.1. The lowest BCUT2D eigenvalue weighted by molar-refractivity contribution is 0.482. The molecule has 0 radical (unpaired) electrons. The Morgan fingerprint density at radius 2 is 2.06 bits per heavy atom. The summed E-state index contributed by atoms with van der Waals surface area (Å²) in [5.41, 5.74) is 7.76. The van der Waals surface area contributed by atoms with E-state index in [4.69, 9.17) is 17.3 Å². The summed E-state index contributed by atoms with van der Waals surface area (Å²) in [5, 5.41) is 5.05. The summed E-state index contributed by atoms with van der Waals surface area (Å²) in [5.74, 6) is 0. The maximum absolute atomic E-state index is 6.35. The van der Waals surface area contributed by atoms with Crippen molar-refractivity contribution in [2.24, 2.45) is 12.8 Å². The summed E-state index contributed by atoms with van der Waals surface area (Å²) in [7, 11) is 1.90. The molecule has 1 heterocycles. The zero-order valence-electron chi connectivity index (χ0n) is 10.0. The summed E-state index contributed by atoms with van der Waals surface area (Å²) >= 11 is 6.17. The van der Waals surface area contributed by atoms with Crippen molar-refractivity contribution in [2.75, 3.05) is 0 Å². The summed E-state index contributed by atoms with van der Waals surface area (Å²) < 4.78 is 1.78. The topological polar surface area (TPSA) is 43.8 Å². The molecule has 0 aliphatic heterocycles. The first-order valence-corrected chi connectivity index (χ1v) is 5.89. The quantitative estimate of drug-likeness (QED) is 0.908. The number of nitrogens with two attached hydrogens (primary N) is 1. The summed E-state index contributed by atoms with van der Waals surface area (Å²) in [6, 6.07) is 9.65.